The number of hydrogen-bond donors (Lipinski definition) is 2. The number of hydrogen-bond acceptors (Lipinski definition) is 5. The number of H-pyrrole nitrogens is 1. The lowest BCUT2D eigenvalue weighted by molar-refractivity contribution is -0.115. The van der Waals surface area contributed by atoms with Gasteiger partial charge in [0.25, 0.3) is 0 Å². The van der Waals surface area contributed by atoms with Crippen molar-refractivity contribution < 1.29 is 4.79 Å². The average Bonchev–Trinajstić information content (AvgIpc) is 3.02. The standard InChI is InChI=1S/C20H19N5OS/c1-11-7-6-8-12(2)16(11)22-19(26)13(3)27-20-23-18-17(24-25-20)14-9-4-5-10-15(14)21-18/h4-10,13H,1-3H3,(H,22,26)(H,21,23,25). The van der Waals surface area contributed by atoms with Gasteiger partial charge in [0.05, 0.1) is 5.25 Å². The summed E-state index contributed by atoms with van der Waals surface area (Å²) >= 11 is 1.29. The van der Waals surface area contributed by atoms with Gasteiger partial charge in [0.2, 0.25) is 11.1 Å². The minimum absolute atomic E-state index is 0.0854. The fraction of sp³-hybridized carbons (Fsp3) is 0.200. The average molecular weight is 377 g/mol. The van der Waals surface area contributed by atoms with Crippen LogP contribution in [0.4, 0.5) is 5.69 Å². The van der Waals surface area contributed by atoms with Gasteiger partial charge in [-0.15, -0.1) is 10.2 Å². The van der Waals surface area contributed by atoms with Crippen LogP contribution in [0.2, 0.25) is 0 Å². The van der Waals surface area contributed by atoms with Crippen molar-refractivity contribution in [3.8, 4) is 0 Å². The summed E-state index contributed by atoms with van der Waals surface area (Å²) in [6.07, 6.45) is 0. The molecule has 0 saturated heterocycles. The van der Waals surface area contributed by atoms with E-state index in [1.165, 1.54) is 11.8 Å². The molecule has 27 heavy (non-hydrogen) atoms. The van der Waals surface area contributed by atoms with Crippen molar-refractivity contribution in [2.75, 3.05) is 5.32 Å². The highest BCUT2D eigenvalue weighted by Gasteiger charge is 2.19. The number of carbonyl (C=O) groups excluding carboxylic acids is 1. The van der Waals surface area contributed by atoms with Gasteiger partial charge >= 0.3 is 0 Å². The number of para-hydroxylation sites is 2. The molecule has 0 aliphatic heterocycles. The maximum Gasteiger partial charge on any atom is 0.237 e. The van der Waals surface area contributed by atoms with E-state index in [9.17, 15) is 4.79 Å². The van der Waals surface area contributed by atoms with E-state index in [2.05, 4.69) is 25.5 Å². The molecule has 2 aromatic heterocycles. The van der Waals surface area contributed by atoms with Crippen LogP contribution in [0.5, 0.6) is 0 Å². The summed E-state index contributed by atoms with van der Waals surface area (Å²) in [4.78, 5) is 20.4. The first-order chi connectivity index (χ1) is 13.0. The number of fused-ring (bicyclic) bond motifs is 3. The number of aryl methyl sites for hydroxylation is 2. The Hall–Kier alpha value is -2.93. The SMILES string of the molecule is Cc1cccc(C)c1NC(=O)C(C)Sc1nnc2c(n1)[nH]c1ccccc12. The number of aromatic nitrogens is 4. The van der Waals surface area contributed by atoms with Crippen molar-refractivity contribution in [1.82, 2.24) is 20.2 Å². The van der Waals surface area contributed by atoms with E-state index in [0.717, 1.165) is 33.2 Å². The van der Waals surface area contributed by atoms with E-state index in [1.54, 1.807) is 0 Å². The monoisotopic (exact) mass is 377 g/mol. The van der Waals surface area contributed by atoms with E-state index in [0.29, 0.717) is 10.8 Å². The third kappa shape index (κ3) is 3.38. The van der Waals surface area contributed by atoms with Crippen molar-refractivity contribution >= 4 is 45.4 Å². The third-order valence-electron chi connectivity index (χ3n) is 4.48. The molecule has 0 aliphatic carbocycles. The first-order valence-electron chi connectivity index (χ1n) is 8.68. The highest BCUT2D eigenvalue weighted by atomic mass is 32.2. The quantitative estimate of drug-likeness (QED) is 0.520. The predicted molar refractivity (Wildman–Crippen MR) is 109 cm³/mol. The van der Waals surface area contributed by atoms with E-state index in [4.69, 9.17) is 0 Å². The molecule has 1 unspecified atom stereocenters. The molecule has 7 heteroatoms. The molecule has 2 aromatic carbocycles. The normalized spacial score (nSPS) is 12.4. The van der Waals surface area contributed by atoms with Gasteiger partial charge in [0.1, 0.15) is 5.52 Å². The number of nitrogens with one attached hydrogen (secondary N) is 2. The summed E-state index contributed by atoms with van der Waals surface area (Å²) < 4.78 is 0. The van der Waals surface area contributed by atoms with Gasteiger partial charge in [-0.1, -0.05) is 48.2 Å². The Morgan fingerprint density at radius 1 is 1.07 bits per heavy atom. The van der Waals surface area contributed by atoms with E-state index < -0.39 is 0 Å². The Labute approximate surface area is 160 Å². The molecule has 1 amide bonds. The molecule has 0 spiro atoms. The van der Waals surface area contributed by atoms with E-state index in [-0.39, 0.29) is 11.2 Å². The lowest BCUT2D eigenvalue weighted by Gasteiger charge is -2.14. The predicted octanol–water partition coefficient (Wildman–Crippen LogP) is 4.24. The molecular formula is C20H19N5OS. The second-order valence-corrected chi connectivity index (χ2v) is 7.79. The number of amides is 1. The molecule has 0 saturated carbocycles. The van der Waals surface area contributed by atoms with Crippen LogP contribution in [-0.2, 0) is 4.79 Å². The first-order valence-corrected chi connectivity index (χ1v) is 9.56. The van der Waals surface area contributed by atoms with Crippen molar-refractivity contribution in [2.24, 2.45) is 0 Å². The molecule has 4 rings (SSSR count). The molecule has 0 radical (unpaired) electrons. The number of aromatic amines is 1. The number of nitrogens with zero attached hydrogens (tertiary/aromatic N) is 3. The van der Waals surface area contributed by atoms with Crippen LogP contribution < -0.4 is 5.32 Å². The van der Waals surface area contributed by atoms with Crippen molar-refractivity contribution in [3.63, 3.8) is 0 Å². The van der Waals surface area contributed by atoms with Gasteiger partial charge < -0.3 is 10.3 Å². The number of rotatable bonds is 4. The topological polar surface area (TPSA) is 83.6 Å². The minimum Gasteiger partial charge on any atom is -0.338 e. The van der Waals surface area contributed by atoms with Gasteiger partial charge in [-0.25, -0.2) is 4.98 Å². The molecule has 2 heterocycles. The van der Waals surface area contributed by atoms with Crippen LogP contribution in [0.15, 0.2) is 47.6 Å². The van der Waals surface area contributed by atoms with Crippen LogP contribution in [0.1, 0.15) is 18.1 Å². The third-order valence-corrected chi connectivity index (χ3v) is 5.43. The zero-order chi connectivity index (χ0) is 19.0. The van der Waals surface area contributed by atoms with Gasteiger partial charge in [0, 0.05) is 16.6 Å². The van der Waals surface area contributed by atoms with Crippen molar-refractivity contribution in [2.45, 2.75) is 31.2 Å². The Balaban J connectivity index is 1.54. The Morgan fingerprint density at radius 3 is 2.59 bits per heavy atom. The molecule has 1 atom stereocenters. The minimum atomic E-state index is -0.354. The second kappa shape index (κ2) is 7.00. The highest BCUT2D eigenvalue weighted by molar-refractivity contribution is 8.00. The number of thioether (sulfide) groups is 1. The molecule has 0 aliphatic rings. The lowest BCUT2D eigenvalue weighted by atomic mass is 10.1. The second-order valence-electron chi connectivity index (χ2n) is 6.48. The van der Waals surface area contributed by atoms with Crippen molar-refractivity contribution in [3.05, 3.63) is 53.6 Å². The maximum atomic E-state index is 12.6. The Morgan fingerprint density at radius 2 is 1.81 bits per heavy atom. The maximum absolute atomic E-state index is 12.6. The summed E-state index contributed by atoms with van der Waals surface area (Å²) in [5, 5.41) is 12.6. The summed E-state index contributed by atoms with van der Waals surface area (Å²) in [6, 6.07) is 13.8. The smallest absolute Gasteiger partial charge is 0.237 e. The lowest BCUT2D eigenvalue weighted by Crippen LogP contribution is -2.23. The fourth-order valence-electron chi connectivity index (χ4n) is 3.00. The molecule has 2 N–H and O–H groups in total. The largest absolute Gasteiger partial charge is 0.338 e. The molecule has 6 nitrogen and oxygen atoms in total. The highest BCUT2D eigenvalue weighted by Crippen LogP contribution is 2.26. The molecule has 4 aromatic rings. The fourth-order valence-corrected chi connectivity index (χ4v) is 3.72. The first kappa shape index (κ1) is 17.5. The number of carbonyl (C=O) groups is 1. The van der Waals surface area contributed by atoms with Crippen LogP contribution >= 0.6 is 11.8 Å². The Bertz CT molecular complexity index is 1130. The molecule has 136 valence electrons. The molecule has 0 bridgehead atoms. The van der Waals surface area contributed by atoms with E-state index in [1.807, 2.05) is 63.2 Å². The van der Waals surface area contributed by atoms with Crippen LogP contribution in [0.25, 0.3) is 22.1 Å². The number of benzene rings is 2. The van der Waals surface area contributed by atoms with Crippen LogP contribution in [0.3, 0.4) is 0 Å². The van der Waals surface area contributed by atoms with Crippen LogP contribution in [0, 0.1) is 13.8 Å². The molecular weight excluding hydrogens is 358 g/mol. The summed E-state index contributed by atoms with van der Waals surface area (Å²) in [5.74, 6) is -0.0854. The van der Waals surface area contributed by atoms with Crippen LogP contribution in [-0.4, -0.2) is 31.3 Å². The van der Waals surface area contributed by atoms with Gasteiger partial charge in [-0.2, -0.15) is 0 Å². The van der Waals surface area contributed by atoms with Crippen molar-refractivity contribution in [1.29, 1.82) is 0 Å². The zero-order valence-electron chi connectivity index (χ0n) is 15.3. The molecule has 0 fully saturated rings. The zero-order valence-corrected chi connectivity index (χ0v) is 16.1. The van der Waals surface area contributed by atoms with Gasteiger partial charge in [-0.05, 0) is 38.0 Å². The van der Waals surface area contributed by atoms with E-state index >= 15 is 0 Å². The number of anilines is 1. The summed E-state index contributed by atoms with van der Waals surface area (Å²) in [6.45, 7) is 5.81. The van der Waals surface area contributed by atoms with Gasteiger partial charge in [-0.3, -0.25) is 4.79 Å². The summed E-state index contributed by atoms with van der Waals surface area (Å²) in [5.41, 5.74) is 5.33. The summed E-state index contributed by atoms with van der Waals surface area (Å²) in [7, 11) is 0. The van der Waals surface area contributed by atoms with Gasteiger partial charge in [0.15, 0.2) is 5.65 Å². The Kier molecular flexibility index (Phi) is 4.53.